The van der Waals surface area contributed by atoms with Gasteiger partial charge in [-0.25, -0.2) is 8.42 Å². The van der Waals surface area contributed by atoms with Crippen LogP contribution >= 0.6 is 0 Å². The topological polar surface area (TPSA) is 59.3 Å². The molecule has 2 heterocycles. The van der Waals surface area contributed by atoms with Gasteiger partial charge < -0.3 is 9.67 Å². The highest BCUT2D eigenvalue weighted by Gasteiger charge is 2.35. The molecule has 1 aliphatic heterocycles. The van der Waals surface area contributed by atoms with E-state index in [1.165, 1.54) is 5.41 Å². The van der Waals surface area contributed by atoms with Crippen molar-refractivity contribution < 1.29 is 13.5 Å². The largest absolute Gasteiger partial charge is 0.388 e. The van der Waals surface area contributed by atoms with Crippen molar-refractivity contribution in [3.05, 3.63) is 35.0 Å². The number of hydrogen-bond acceptors (Lipinski definition) is 3. The number of allylic oxidation sites excluding steroid dienone is 1. The molecule has 2 unspecified atom stereocenters. The van der Waals surface area contributed by atoms with E-state index < -0.39 is 15.9 Å². The summed E-state index contributed by atoms with van der Waals surface area (Å²) in [6.45, 7) is 4.27. The van der Waals surface area contributed by atoms with Gasteiger partial charge in [-0.05, 0) is 30.4 Å². The van der Waals surface area contributed by atoms with Crippen LogP contribution in [0, 0.1) is 5.41 Å². The van der Waals surface area contributed by atoms with Crippen LogP contribution < -0.4 is 0 Å². The first-order chi connectivity index (χ1) is 8.77. The summed E-state index contributed by atoms with van der Waals surface area (Å²) in [4.78, 5) is 0. The smallest absolute Gasteiger partial charge is 0.173 e. The highest BCUT2D eigenvalue weighted by atomic mass is 32.2. The van der Waals surface area contributed by atoms with Gasteiger partial charge in [-0.1, -0.05) is 13.8 Å². The van der Waals surface area contributed by atoms with Crippen molar-refractivity contribution in [3.8, 4) is 0 Å². The molecule has 19 heavy (non-hydrogen) atoms. The fraction of sp³-hybridized carbons (Fsp3) is 0.571. The Morgan fingerprint density at radius 2 is 2.16 bits per heavy atom. The van der Waals surface area contributed by atoms with Gasteiger partial charge in [-0.15, -0.1) is 0 Å². The second-order valence-electron chi connectivity index (χ2n) is 6.41. The monoisotopic (exact) mass is 281 g/mol. The maximum atomic E-state index is 11.5. The van der Waals surface area contributed by atoms with Crippen LogP contribution in [0.15, 0.2) is 23.7 Å². The van der Waals surface area contributed by atoms with Crippen LogP contribution in [0.4, 0.5) is 0 Å². The van der Waals surface area contributed by atoms with Crippen LogP contribution in [-0.4, -0.2) is 23.8 Å². The molecule has 0 saturated heterocycles. The molecule has 1 N–H and O–H groups in total. The lowest BCUT2D eigenvalue weighted by molar-refractivity contribution is 0.0978. The number of sulfone groups is 1. The van der Waals surface area contributed by atoms with Gasteiger partial charge in [-0.3, -0.25) is 0 Å². The minimum absolute atomic E-state index is 0.0454. The Morgan fingerprint density at radius 1 is 1.42 bits per heavy atom. The van der Waals surface area contributed by atoms with E-state index in [0.29, 0.717) is 0 Å². The van der Waals surface area contributed by atoms with Crippen LogP contribution in [0.2, 0.25) is 0 Å². The normalized spacial score (nSPS) is 31.3. The van der Waals surface area contributed by atoms with Crippen LogP contribution in [0.1, 0.15) is 43.7 Å². The third-order valence-electron chi connectivity index (χ3n) is 4.08. The molecular weight excluding hydrogens is 262 g/mol. The lowest BCUT2D eigenvalue weighted by Crippen LogP contribution is -2.27. The van der Waals surface area contributed by atoms with E-state index in [1.807, 2.05) is 16.8 Å². The number of fused-ring (bicyclic) bond motifs is 1. The van der Waals surface area contributed by atoms with Gasteiger partial charge in [0.1, 0.15) is 0 Å². The maximum Gasteiger partial charge on any atom is 0.173 e. The Morgan fingerprint density at radius 3 is 2.79 bits per heavy atom. The third-order valence-corrected chi connectivity index (χ3v) is 5.46. The molecule has 0 amide bonds. The fourth-order valence-corrected chi connectivity index (χ4v) is 4.47. The van der Waals surface area contributed by atoms with E-state index >= 15 is 0 Å². The van der Waals surface area contributed by atoms with Gasteiger partial charge in [0.05, 0.1) is 17.9 Å². The molecule has 3 rings (SSSR count). The van der Waals surface area contributed by atoms with E-state index in [0.717, 1.165) is 24.1 Å². The average molecular weight is 281 g/mol. The summed E-state index contributed by atoms with van der Waals surface area (Å²) in [5.74, 6) is 0.130. The summed E-state index contributed by atoms with van der Waals surface area (Å²) >= 11 is 0. The molecule has 0 aromatic carbocycles. The van der Waals surface area contributed by atoms with Crippen molar-refractivity contribution in [2.75, 3.05) is 5.75 Å². The molecule has 5 heteroatoms. The Hall–Kier alpha value is -1.07. The molecule has 4 nitrogen and oxygen atoms in total. The molecule has 0 spiro atoms. The summed E-state index contributed by atoms with van der Waals surface area (Å²) in [6, 6.07) is 1.79. The van der Waals surface area contributed by atoms with Gasteiger partial charge in [0.15, 0.2) is 9.84 Å². The standard InChI is InChI=1S/C14H19NO3S/c1-14(2)7-12-11(13(16)8-14)3-5-15(12)10-4-6-19(17,18)9-10/h3-6,10,13,16H,7-9H2,1-2H3. The van der Waals surface area contributed by atoms with Crippen LogP contribution in [0.3, 0.4) is 0 Å². The van der Waals surface area contributed by atoms with E-state index in [-0.39, 0.29) is 17.2 Å². The molecule has 1 aromatic heterocycles. The van der Waals surface area contributed by atoms with Crippen molar-refractivity contribution in [1.82, 2.24) is 4.57 Å². The zero-order valence-corrected chi connectivity index (χ0v) is 12.0. The van der Waals surface area contributed by atoms with Crippen molar-refractivity contribution in [2.24, 2.45) is 5.41 Å². The minimum Gasteiger partial charge on any atom is -0.388 e. The SMILES string of the molecule is CC1(C)Cc2c(ccn2C2C=CS(=O)(=O)C2)C(O)C1. The van der Waals surface area contributed by atoms with E-state index in [2.05, 4.69) is 13.8 Å². The van der Waals surface area contributed by atoms with Gasteiger partial charge in [-0.2, -0.15) is 0 Å². The predicted molar refractivity (Wildman–Crippen MR) is 73.5 cm³/mol. The summed E-state index contributed by atoms with van der Waals surface area (Å²) in [5.41, 5.74) is 2.08. The van der Waals surface area contributed by atoms with Crippen LogP contribution in [0.5, 0.6) is 0 Å². The first-order valence-electron chi connectivity index (χ1n) is 6.56. The van der Waals surface area contributed by atoms with Crippen molar-refractivity contribution in [2.45, 2.75) is 38.8 Å². The Kier molecular flexibility index (Phi) is 2.70. The molecule has 0 bridgehead atoms. The minimum atomic E-state index is -3.05. The molecule has 0 fully saturated rings. The molecule has 0 saturated carbocycles. The van der Waals surface area contributed by atoms with E-state index in [9.17, 15) is 13.5 Å². The van der Waals surface area contributed by atoms with Crippen molar-refractivity contribution in [3.63, 3.8) is 0 Å². The van der Waals surface area contributed by atoms with Crippen LogP contribution in [-0.2, 0) is 16.3 Å². The second-order valence-corrected chi connectivity index (χ2v) is 8.34. The Balaban J connectivity index is 2.01. The summed E-state index contributed by atoms with van der Waals surface area (Å²) in [5, 5.41) is 11.5. The van der Waals surface area contributed by atoms with E-state index in [1.54, 1.807) is 6.08 Å². The lowest BCUT2D eigenvalue weighted by Gasteiger charge is -2.34. The zero-order chi connectivity index (χ0) is 13.8. The Labute approximate surface area is 113 Å². The third kappa shape index (κ3) is 2.25. The van der Waals surface area contributed by atoms with Crippen molar-refractivity contribution >= 4 is 9.84 Å². The molecule has 104 valence electrons. The molecular formula is C14H19NO3S. The highest BCUT2D eigenvalue weighted by molar-refractivity contribution is 7.94. The fourth-order valence-electron chi connectivity index (χ4n) is 3.19. The summed E-state index contributed by atoms with van der Waals surface area (Å²) in [7, 11) is -3.05. The quantitative estimate of drug-likeness (QED) is 0.856. The highest BCUT2D eigenvalue weighted by Crippen LogP contribution is 2.42. The summed E-state index contributed by atoms with van der Waals surface area (Å²) in [6.07, 6.45) is 4.83. The first-order valence-corrected chi connectivity index (χ1v) is 8.28. The molecule has 1 aromatic rings. The molecule has 0 radical (unpaired) electrons. The molecule has 2 atom stereocenters. The van der Waals surface area contributed by atoms with Gasteiger partial charge in [0.2, 0.25) is 0 Å². The van der Waals surface area contributed by atoms with Crippen molar-refractivity contribution in [1.29, 1.82) is 0 Å². The number of nitrogens with zero attached hydrogens (tertiary/aromatic N) is 1. The Bertz CT molecular complexity index is 640. The number of aromatic nitrogens is 1. The molecule has 1 aliphatic carbocycles. The average Bonchev–Trinajstić information content (AvgIpc) is 2.79. The number of hydrogen-bond donors (Lipinski definition) is 1. The van der Waals surface area contributed by atoms with Crippen LogP contribution in [0.25, 0.3) is 0 Å². The zero-order valence-electron chi connectivity index (χ0n) is 11.2. The number of rotatable bonds is 1. The molecule has 2 aliphatic rings. The van der Waals surface area contributed by atoms with Gasteiger partial charge in [0, 0.05) is 22.9 Å². The number of aliphatic hydroxyl groups excluding tert-OH is 1. The lowest BCUT2D eigenvalue weighted by atomic mass is 9.75. The first kappa shape index (κ1) is 12.9. The second kappa shape index (κ2) is 3.96. The van der Waals surface area contributed by atoms with Gasteiger partial charge >= 0.3 is 0 Å². The van der Waals surface area contributed by atoms with E-state index in [4.69, 9.17) is 0 Å². The number of aliphatic hydroxyl groups is 1. The van der Waals surface area contributed by atoms with Gasteiger partial charge in [0.25, 0.3) is 0 Å². The summed E-state index contributed by atoms with van der Waals surface area (Å²) < 4.78 is 25.1. The maximum absolute atomic E-state index is 11.5. The predicted octanol–water partition coefficient (Wildman–Crippen LogP) is 1.98.